The summed E-state index contributed by atoms with van der Waals surface area (Å²) in [6.07, 6.45) is 2.20. The predicted molar refractivity (Wildman–Crippen MR) is 137 cm³/mol. The van der Waals surface area contributed by atoms with Crippen LogP contribution in [0.5, 0.6) is 0 Å². The molecule has 0 saturated carbocycles. The Morgan fingerprint density at radius 3 is 2.47 bits per heavy atom. The zero-order chi connectivity index (χ0) is 24.8. The summed E-state index contributed by atoms with van der Waals surface area (Å²) in [6.45, 7) is 0.502. The fraction of sp³-hybridized carbons (Fsp3) is 0.143. The number of nitrogens with one attached hydrogen (secondary N) is 1. The first-order valence-corrected chi connectivity index (χ1v) is 11.7. The molecule has 7 nitrogen and oxygen atoms in total. The van der Waals surface area contributed by atoms with Gasteiger partial charge in [-0.05, 0) is 54.4 Å². The Bertz CT molecular complexity index is 1680. The number of amides is 1. The number of aromatic nitrogens is 3. The van der Waals surface area contributed by atoms with Crippen molar-refractivity contribution in [1.29, 1.82) is 0 Å². The molecule has 0 radical (unpaired) electrons. The summed E-state index contributed by atoms with van der Waals surface area (Å²) in [4.78, 5) is 36.5. The predicted octanol–water partition coefficient (Wildman–Crippen LogP) is 4.70. The number of hydrogen-bond acceptors (Lipinski definition) is 4. The highest BCUT2D eigenvalue weighted by Gasteiger charge is 2.32. The molecule has 0 bridgehead atoms. The molecule has 1 amide bonds. The van der Waals surface area contributed by atoms with Crippen LogP contribution in [0, 0.1) is 5.82 Å². The number of nitrogens with zero attached hydrogens (tertiary/aromatic N) is 4. The van der Waals surface area contributed by atoms with E-state index in [2.05, 4.69) is 15.3 Å². The third kappa shape index (κ3) is 3.50. The molecule has 1 aliphatic heterocycles. The smallest absolute Gasteiger partial charge is 0.262 e. The maximum atomic E-state index is 13.8. The van der Waals surface area contributed by atoms with Crippen LogP contribution in [0.25, 0.3) is 21.9 Å². The van der Waals surface area contributed by atoms with Crippen molar-refractivity contribution >= 4 is 45.9 Å². The Kier molecular flexibility index (Phi) is 5.21. The molecular weight excluding hydrogens is 457 g/mol. The minimum atomic E-state index is -0.820. The van der Waals surface area contributed by atoms with Gasteiger partial charge >= 0.3 is 0 Å². The number of fused-ring (bicyclic) bond motifs is 4. The molecule has 36 heavy (non-hydrogen) atoms. The van der Waals surface area contributed by atoms with E-state index in [9.17, 15) is 14.0 Å². The number of halogens is 1. The number of carbonyl (C=O) groups excluding carboxylic acids is 2. The lowest BCUT2D eigenvalue weighted by Crippen LogP contribution is -2.28. The van der Waals surface area contributed by atoms with E-state index in [1.165, 1.54) is 24.3 Å². The van der Waals surface area contributed by atoms with Crippen molar-refractivity contribution in [3.63, 3.8) is 0 Å². The molecule has 5 aromatic rings. The number of para-hydroxylation sites is 3. The molecule has 3 heterocycles. The molecule has 1 unspecified atom stereocenters. The van der Waals surface area contributed by atoms with Crippen LogP contribution in [-0.2, 0) is 18.3 Å². The summed E-state index contributed by atoms with van der Waals surface area (Å²) in [5.74, 6) is -1.50. The lowest BCUT2D eigenvalue weighted by molar-refractivity contribution is -0.116. The fourth-order valence-corrected chi connectivity index (χ4v) is 4.92. The topological polar surface area (TPSA) is 81.3 Å². The molecule has 6 rings (SSSR count). The monoisotopic (exact) mass is 479 g/mol. The van der Waals surface area contributed by atoms with Gasteiger partial charge in [-0.1, -0.05) is 30.3 Å². The Morgan fingerprint density at radius 2 is 1.69 bits per heavy atom. The number of aryl methyl sites for hydroxylation is 1. The normalized spacial score (nSPS) is 15.1. The molecule has 0 aliphatic carbocycles. The van der Waals surface area contributed by atoms with Crippen LogP contribution in [0.4, 0.5) is 10.3 Å². The molecule has 178 valence electrons. The first-order valence-electron chi connectivity index (χ1n) is 11.7. The third-order valence-electron chi connectivity index (χ3n) is 6.66. The highest BCUT2D eigenvalue weighted by Crippen LogP contribution is 2.34. The average Bonchev–Trinajstić information content (AvgIpc) is 3.28. The first-order chi connectivity index (χ1) is 17.5. The average molecular weight is 480 g/mol. The number of rotatable bonds is 3. The van der Waals surface area contributed by atoms with Gasteiger partial charge in [0.15, 0.2) is 0 Å². The lowest BCUT2D eigenvalue weighted by Gasteiger charge is -2.17. The Morgan fingerprint density at radius 1 is 0.972 bits per heavy atom. The van der Waals surface area contributed by atoms with E-state index in [0.29, 0.717) is 35.7 Å². The molecule has 0 spiro atoms. The van der Waals surface area contributed by atoms with Crippen molar-refractivity contribution in [2.24, 2.45) is 12.0 Å². The summed E-state index contributed by atoms with van der Waals surface area (Å²) < 4.78 is 17.0. The zero-order valence-electron chi connectivity index (χ0n) is 19.5. The van der Waals surface area contributed by atoms with Crippen LogP contribution in [0.2, 0.25) is 0 Å². The van der Waals surface area contributed by atoms with Crippen molar-refractivity contribution in [2.45, 2.75) is 12.3 Å². The highest BCUT2D eigenvalue weighted by atomic mass is 19.1. The van der Waals surface area contributed by atoms with E-state index in [-0.39, 0.29) is 11.8 Å². The van der Waals surface area contributed by atoms with Gasteiger partial charge in [-0.2, -0.15) is 0 Å². The van der Waals surface area contributed by atoms with E-state index in [0.717, 1.165) is 22.0 Å². The zero-order valence-corrected chi connectivity index (χ0v) is 19.5. The summed E-state index contributed by atoms with van der Waals surface area (Å²) in [7, 11) is 1.84. The number of benzene rings is 3. The molecular formula is C28H22FN5O2. The van der Waals surface area contributed by atoms with Gasteiger partial charge in [-0.25, -0.2) is 9.37 Å². The van der Waals surface area contributed by atoms with Crippen LogP contribution in [0.15, 0.2) is 77.8 Å². The minimum absolute atomic E-state index is 0.329. The molecule has 1 N–H and O–H groups in total. The van der Waals surface area contributed by atoms with Crippen molar-refractivity contribution in [3.8, 4) is 0 Å². The Balaban J connectivity index is 1.49. The van der Waals surface area contributed by atoms with Crippen LogP contribution >= 0.6 is 0 Å². The van der Waals surface area contributed by atoms with E-state index >= 15 is 0 Å². The second kappa shape index (κ2) is 8.57. The van der Waals surface area contributed by atoms with Crippen molar-refractivity contribution in [1.82, 2.24) is 14.1 Å². The van der Waals surface area contributed by atoms with Crippen LogP contribution in [0.3, 0.4) is 0 Å². The van der Waals surface area contributed by atoms with Crippen LogP contribution in [0.1, 0.15) is 27.5 Å². The first kappa shape index (κ1) is 21.9. The van der Waals surface area contributed by atoms with E-state index < -0.39 is 11.7 Å². The molecule has 8 heteroatoms. The van der Waals surface area contributed by atoms with Crippen molar-refractivity contribution < 1.29 is 14.0 Å². The molecule has 0 saturated heterocycles. The molecule has 2 aromatic heterocycles. The third-order valence-corrected chi connectivity index (χ3v) is 6.66. The van der Waals surface area contributed by atoms with Gasteiger partial charge in [0, 0.05) is 36.5 Å². The lowest BCUT2D eigenvalue weighted by atomic mass is 9.99. The van der Waals surface area contributed by atoms with Gasteiger partial charge in [-0.3, -0.25) is 24.5 Å². The van der Waals surface area contributed by atoms with Crippen molar-refractivity contribution in [3.05, 3.63) is 95.4 Å². The number of carbonyl (C=O) groups is 2. The highest BCUT2D eigenvalue weighted by molar-refractivity contribution is 6.11. The second-order valence-corrected chi connectivity index (χ2v) is 8.78. The van der Waals surface area contributed by atoms with Gasteiger partial charge in [0.25, 0.3) is 5.91 Å². The minimum Gasteiger partial charge on any atom is -0.313 e. The van der Waals surface area contributed by atoms with Gasteiger partial charge in [0.05, 0.1) is 16.6 Å². The fourth-order valence-electron chi connectivity index (χ4n) is 4.92. The SMILES string of the molecule is Cn1c(NC(=O)C2C=NCCc3c2n(C(=O)c2ccc(F)cc2)c2ccccc32)nc2ccccc21. The summed E-state index contributed by atoms with van der Waals surface area (Å²) in [6, 6.07) is 20.6. The number of aliphatic imine (C=N–C) groups is 1. The number of imidazole rings is 1. The van der Waals surface area contributed by atoms with E-state index in [4.69, 9.17) is 0 Å². The van der Waals surface area contributed by atoms with Gasteiger partial charge in [0.2, 0.25) is 11.9 Å². The van der Waals surface area contributed by atoms with Gasteiger partial charge in [-0.15, -0.1) is 0 Å². The summed E-state index contributed by atoms with van der Waals surface area (Å²) in [5.41, 5.74) is 4.17. The Labute approximate surface area is 205 Å². The Hall–Kier alpha value is -4.59. The maximum absolute atomic E-state index is 13.8. The molecule has 1 aliphatic rings. The summed E-state index contributed by atoms with van der Waals surface area (Å²) >= 11 is 0. The van der Waals surface area contributed by atoms with E-state index in [1.807, 2.05) is 60.1 Å². The number of anilines is 1. The van der Waals surface area contributed by atoms with Crippen LogP contribution in [-0.4, -0.2) is 38.7 Å². The van der Waals surface area contributed by atoms with Crippen LogP contribution < -0.4 is 5.32 Å². The van der Waals surface area contributed by atoms with Gasteiger partial charge < -0.3 is 4.57 Å². The van der Waals surface area contributed by atoms with Crippen molar-refractivity contribution in [2.75, 3.05) is 11.9 Å². The van der Waals surface area contributed by atoms with E-state index in [1.54, 1.807) is 10.8 Å². The van der Waals surface area contributed by atoms with Gasteiger partial charge in [0.1, 0.15) is 11.7 Å². The maximum Gasteiger partial charge on any atom is 0.262 e. The standard InChI is InChI=1S/C28H22FN5O2/c1-33-24-9-5-3-7-22(24)31-28(33)32-26(35)21-16-30-15-14-20-19-6-2-4-8-23(19)34(25(20)21)27(36)17-10-12-18(29)13-11-17/h2-13,16,21H,14-15H2,1H3,(H,31,32,35). The number of hydrogen-bond donors (Lipinski definition) is 1. The quantitative estimate of drug-likeness (QED) is 0.407. The second-order valence-electron chi connectivity index (χ2n) is 8.78. The molecule has 1 atom stereocenters. The molecule has 3 aromatic carbocycles. The molecule has 0 fully saturated rings. The largest absolute Gasteiger partial charge is 0.313 e. The summed E-state index contributed by atoms with van der Waals surface area (Å²) in [5, 5.41) is 3.84.